The second-order valence-corrected chi connectivity index (χ2v) is 3.60. The Balaban J connectivity index is 2.43. The summed E-state index contributed by atoms with van der Waals surface area (Å²) in [7, 11) is 1.57. The van der Waals surface area contributed by atoms with Crippen molar-refractivity contribution in [3.63, 3.8) is 0 Å². The van der Waals surface area contributed by atoms with E-state index in [1.165, 1.54) is 4.90 Å². The van der Waals surface area contributed by atoms with Gasteiger partial charge in [0, 0.05) is 13.6 Å². The number of carbonyl (C=O) groups is 2. The molecule has 0 spiro atoms. The number of carbonyl (C=O) groups excluding carboxylic acids is 2. The van der Waals surface area contributed by atoms with Gasteiger partial charge in [0.25, 0.3) is 0 Å². The molecule has 1 fully saturated rings. The quantitative estimate of drug-likeness (QED) is 0.568. The van der Waals surface area contributed by atoms with Crippen molar-refractivity contribution in [3.8, 4) is 0 Å². The zero-order valence-corrected chi connectivity index (χ0v) is 9.06. The number of β-amino-alcohol motifs (C(OH)–C–C–N with tert-alkyl or cyclic N) is 1. The molecule has 1 aliphatic rings. The maximum atomic E-state index is 11.4. The molecule has 1 aliphatic heterocycles. The molecule has 0 radical (unpaired) electrons. The van der Waals surface area contributed by atoms with Crippen molar-refractivity contribution in [2.45, 2.75) is 13.0 Å². The van der Waals surface area contributed by atoms with Gasteiger partial charge in [-0.25, -0.2) is 4.79 Å². The third kappa shape index (κ3) is 2.90. The van der Waals surface area contributed by atoms with Crippen molar-refractivity contribution in [2.75, 3.05) is 33.2 Å². The predicted molar refractivity (Wildman–Crippen MR) is 54.3 cm³/mol. The number of nitrogens with zero attached hydrogens (tertiary/aromatic N) is 2. The predicted octanol–water partition coefficient (Wildman–Crippen LogP) is -1.15. The summed E-state index contributed by atoms with van der Waals surface area (Å²) in [5.74, 6) is -0.252. The smallest absolute Gasteiger partial charge is 0.327 e. The number of rotatable bonds is 5. The van der Waals surface area contributed by atoms with Crippen LogP contribution in [0.3, 0.4) is 0 Å². The van der Waals surface area contributed by atoms with E-state index in [0.29, 0.717) is 6.54 Å². The molecular weight excluding hydrogens is 198 g/mol. The molecular formula is C9H17N3O3. The standard InChI is InChI=1S/C9H17N3O3/c1-3-10-4-7(13)5-12-8(14)6-11(2)9(12)15/h7,10,13H,3-6H2,1-2H3. The van der Waals surface area contributed by atoms with Crippen molar-refractivity contribution in [1.29, 1.82) is 0 Å². The number of urea groups is 1. The highest BCUT2D eigenvalue weighted by Crippen LogP contribution is 2.08. The van der Waals surface area contributed by atoms with Crippen LogP contribution in [0.15, 0.2) is 0 Å². The van der Waals surface area contributed by atoms with Crippen LogP contribution >= 0.6 is 0 Å². The molecule has 1 rings (SSSR count). The first-order chi connectivity index (χ1) is 7.06. The fourth-order valence-corrected chi connectivity index (χ4v) is 1.43. The summed E-state index contributed by atoms with van der Waals surface area (Å²) in [4.78, 5) is 25.2. The first kappa shape index (κ1) is 11.9. The van der Waals surface area contributed by atoms with Gasteiger partial charge in [0.05, 0.1) is 12.6 Å². The van der Waals surface area contributed by atoms with Gasteiger partial charge >= 0.3 is 6.03 Å². The van der Waals surface area contributed by atoms with Crippen LogP contribution in [0.1, 0.15) is 6.92 Å². The number of imide groups is 1. The molecule has 1 unspecified atom stereocenters. The van der Waals surface area contributed by atoms with Crippen molar-refractivity contribution >= 4 is 11.9 Å². The molecule has 1 saturated heterocycles. The molecule has 6 heteroatoms. The van der Waals surface area contributed by atoms with Crippen LogP contribution in [-0.4, -0.2) is 66.2 Å². The summed E-state index contributed by atoms with van der Waals surface area (Å²) >= 11 is 0. The van der Waals surface area contributed by atoms with Gasteiger partial charge in [0.2, 0.25) is 5.91 Å². The van der Waals surface area contributed by atoms with Crippen molar-refractivity contribution in [1.82, 2.24) is 15.1 Å². The van der Waals surface area contributed by atoms with Gasteiger partial charge in [0.15, 0.2) is 0 Å². The molecule has 86 valence electrons. The van der Waals surface area contributed by atoms with E-state index in [9.17, 15) is 14.7 Å². The number of amides is 3. The van der Waals surface area contributed by atoms with Crippen LogP contribution in [0.2, 0.25) is 0 Å². The van der Waals surface area contributed by atoms with Crippen molar-refractivity contribution < 1.29 is 14.7 Å². The zero-order valence-electron chi connectivity index (χ0n) is 9.06. The van der Waals surface area contributed by atoms with E-state index < -0.39 is 6.10 Å². The van der Waals surface area contributed by atoms with E-state index in [0.717, 1.165) is 11.4 Å². The molecule has 1 atom stereocenters. The van der Waals surface area contributed by atoms with Gasteiger partial charge in [-0.1, -0.05) is 6.92 Å². The molecule has 0 aromatic rings. The summed E-state index contributed by atoms with van der Waals surface area (Å²) in [6.07, 6.45) is -0.704. The summed E-state index contributed by atoms with van der Waals surface area (Å²) in [5, 5.41) is 12.5. The lowest BCUT2D eigenvalue weighted by Gasteiger charge is -2.18. The number of nitrogens with one attached hydrogen (secondary N) is 1. The molecule has 3 amide bonds. The average molecular weight is 215 g/mol. The molecule has 1 heterocycles. The van der Waals surface area contributed by atoms with Crippen LogP contribution < -0.4 is 5.32 Å². The Morgan fingerprint density at radius 3 is 2.67 bits per heavy atom. The maximum absolute atomic E-state index is 11.4. The molecule has 0 bridgehead atoms. The minimum Gasteiger partial charge on any atom is -0.390 e. The van der Waals surface area contributed by atoms with Crippen LogP contribution in [-0.2, 0) is 4.79 Å². The summed E-state index contributed by atoms with van der Waals surface area (Å²) in [5.41, 5.74) is 0. The maximum Gasteiger partial charge on any atom is 0.327 e. The van der Waals surface area contributed by atoms with Gasteiger partial charge in [-0.2, -0.15) is 0 Å². The lowest BCUT2D eigenvalue weighted by molar-refractivity contribution is -0.126. The minimum atomic E-state index is -0.704. The number of aliphatic hydroxyl groups is 1. The Bertz CT molecular complexity index is 257. The lowest BCUT2D eigenvalue weighted by atomic mass is 10.3. The molecule has 0 aromatic carbocycles. The highest BCUT2D eigenvalue weighted by molar-refractivity contribution is 6.01. The van der Waals surface area contributed by atoms with Crippen LogP contribution in [0.4, 0.5) is 4.79 Å². The monoisotopic (exact) mass is 215 g/mol. The Kier molecular flexibility index (Phi) is 4.05. The lowest BCUT2D eigenvalue weighted by Crippen LogP contribution is -2.41. The van der Waals surface area contributed by atoms with Crippen molar-refractivity contribution in [3.05, 3.63) is 0 Å². The van der Waals surface area contributed by atoms with Crippen LogP contribution in [0, 0.1) is 0 Å². The number of hydrogen-bond acceptors (Lipinski definition) is 4. The summed E-state index contributed by atoms with van der Waals surface area (Å²) < 4.78 is 0. The molecule has 0 saturated carbocycles. The third-order valence-corrected chi connectivity index (χ3v) is 2.25. The number of hydrogen-bond donors (Lipinski definition) is 2. The molecule has 6 nitrogen and oxygen atoms in total. The second-order valence-electron chi connectivity index (χ2n) is 3.60. The van der Waals surface area contributed by atoms with Gasteiger partial charge in [0.1, 0.15) is 6.54 Å². The van der Waals surface area contributed by atoms with Gasteiger partial charge in [-0.3, -0.25) is 9.69 Å². The van der Waals surface area contributed by atoms with E-state index in [-0.39, 0.29) is 25.0 Å². The fourth-order valence-electron chi connectivity index (χ4n) is 1.43. The normalized spacial score (nSPS) is 18.9. The van der Waals surface area contributed by atoms with E-state index in [2.05, 4.69) is 5.32 Å². The van der Waals surface area contributed by atoms with Gasteiger partial charge in [-0.15, -0.1) is 0 Å². The van der Waals surface area contributed by atoms with E-state index in [1.807, 2.05) is 6.92 Å². The second kappa shape index (κ2) is 5.09. The Morgan fingerprint density at radius 2 is 2.20 bits per heavy atom. The largest absolute Gasteiger partial charge is 0.390 e. The Hall–Kier alpha value is -1.14. The first-order valence-electron chi connectivity index (χ1n) is 5.00. The molecule has 15 heavy (non-hydrogen) atoms. The van der Waals surface area contributed by atoms with E-state index in [4.69, 9.17) is 0 Å². The van der Waals surface area contributed by atoms with Crippen LogP contribution in [0.25, 0.3) is 0 Å². The SMILES string of the molecule is CCNCC(O)CN1C(=O)CN(C)C1=O. The average Bonchev–Trinajstić information content (AvgIpc) is 2.42. The molecule has 0 aliphatic carbocycles. The number of likely N-dealkylation sites (N-methyl/N-ethyl adjacent to an activating group) is 2. The summed E-state index contributed by atoms with van der Waals surface area (Å²) in [6, 6.07) is -0.337. The highest BCUT2D eigenvalue weighted by atomic mass is 16.3. The molecule has 2 N–H and O–H groups in total. The van der Waals surface area contributed by atoms with Gasteiger partial charge < -0.3 is 15.3 Å². The summed E-state index contributed by atoms with van der Waals surface area (Å²) in [6.45, 7) is 3.23. The number of aliphatic hydroxyl groups excluding tert-OH is 1. The van der Waals surface area contributed by atoms with E-state index in [1.54, 1.807) is 7.05 Å². The molecule has 0 aromatic heterocycles. The third-order valence-electron chi connectivity index (χ3n) is 2.25. The zero-order chi connectivity index (χ0) is 11.4. The first-order valence-corrected chi connectivity index (χ1v) is 5.00. The highest BCUT2D eigenvalue weighted by Gasteiger charge is 2.34. The topological polar surface area (TPSA) is 72.9 Å². The van der Waals surface area contributed by atoms with Gasteiger partial charge in [-0.05, 0) is 6.54 Å². The Morgan fingerprint density at radius 1 is 1.53 bits per heavy atom. The Labute approximate surface area is 88.8 Å². The fraction of sp³-hybridized carbons (Fsp3) is 0.778. The minimum absolute atomic E-state index is 0.0645. The van der Waals surface area contributed by atoms with Crippen molar-refractivity contribution in [2.24, 2.45) is 0 Å². The van der Waals surface area contributed by atoms with Crippen LogP contribution in [0.5, 0.6) is 0 Å². The van der Waals surface area contributed by atoms with E-state index >= 15 is 0 Å².